The van der Waals surface area contributed by atoms with Gasteiger partial charge in [0.15, 0.2) is 11.6 Å². The average molecular weight is 445 g/mol. The van der Waals surface area contributed by atoms with Crippen LogP contribution in [0.25, 0.3) is 11.0 Å². The van der Waals surface area contributed by atoms with Crippen LogP contribution in [-0.4, -0.2) is 30.3 Å². The molecule has 0 saturated heterocycles. The molecule has 7 heteroatoms. The topological polar surface area (TPSA) is 45.5 Å². The molecular weight excluding hydrogens is 411 g/mol. The molecule has 1 aromatic carbocycles. The minimum atomic E-state index is -1.20. The lowest BCUT2D eigenvalue weighted by molar-refractivity contribution is 0.0711. The summed E-state index contributed by atoms with van der Waals surface area (Å²) in [6.07, 6.45) is 1.06. The maximum absolute atomic E-state index is 14.6. The van der Waals surface area contributed by atoms with E-state index in [0.29, 0.717) is 37.6 Å². The number of pyridine rings is 1. The molecule has 0 aliphatic rings. The van der Waals surface area contributed by atoms with E-state index < -0.39 is 13.9 Å². The van der Waals surface area contributed by atoms with Crippen molar-refractivity contribution in [3.63, 3.8) is 0 Å². The molecule has 31 heavy (non-hydrogen) atoms. The molecule has 2 aromatic heterocycles. The molecule has 0 atom stereocenters. The van der Waals surface area contributed by atoms with Gasteiger partial charge in [-0.3, -0.25) is 4.98 Å². The molecular formula is C24H33FN2O3Si. The summed E-state index contributed by atoms with van der Waals surface area (Å²) in [6.45, 7) is 12.6. The number of benzene rings is 1. The van der Waals surface area contributed by atoms with Gasteiger partial charge in [-0.2, -0.15) is 0 Å². The Morgan fingerprint density at radius 1 is 1.06 bits per heavy atom. The Bertz CT molecular complexity index is 984. The van der Waals surface area contributed by atoms with Crippen molar-refractivity contribution < 1.29 is 18.6 Å². The van der Waals surface area contributed by atoms with E-state index in [0.717, 1.165) is 17.3 Å². The zero-order valence-corrected chi connectivity index (χ0v) is 20.2. The first-order chi connectivity index (χ1) is 14.7. The molecule has 0 unspecified atom stereocenters. The van der Waals surface area contributed by atoms with Crippen molar-refractivity contribution in [3.8, 4) is 5.75 Å². The van der Waals surface area contributed by atoms with E-state index in [-0.39, 0.29) is 11.9 Å². The van der Waals surface area contributed by atoms with Gasteiger partial charge in [0.1, 0.15) is 12.2 Å². The van der Waals surface area contributed by atoms with Crippen LogP contribution in [0, 0.1) is 5.82 Å². The molecule has 0 N–H and O–H groups in total. The first-order valence-corrected chi connectivity index (χ1v) is 14.5. The van der Waals surface area contributed by atoms with Crippen molar-refractivity contribution in [2.75, 3.05) is 6.61 Å². The number of hydrogen-bond donors (Lipinski definition) is 0. The number of rotatable bonds is 11. The molecule has 0 radical (unpaired) electrons. The predicted octanol–water partition coefficient (Wildman–Crippen LogP) is 5.99. The molecule has 3 aromatic rings. The Morgan fingerprint density at radius 2 is 1.81 bits per heavy atom. The van der Waals surface area contributed by atoms with Crippen molar-refractivity contribution in [1.29, 1.82) is 0 Å². The SMILES string of the molecule is CC(C)Oc1c(F)cnc2cc(COCc3ccccc3)n(COCC[Si](C)(C)C)c12. The van der Waals surface area contributed by atoms with E-state index in [1.165, 1.54) is 6.20 Å². The van der Waals surface area contributed by atoms with Gasteiger partial charge >= 0.3 is 0 Å². The molecule has 0 bridgehead atoms. The largest absolute Gasteiger partial charge is 0.486 e. The van der Waals surface area contributed by atoms with Crippen LogP contribution < -0.4 is 4.74 Å². The average Bonchev–Trinajstić information content (AvgIpc) is 3.05. The minimum absolute atomic E-state index is 0.158. The van der Waals surface area contributed by atoms with Crippen LogP contribution in [-0.2, 0) is 29.4 Å². The molecule has 0 aliphatic heterocycles. The van der Waals surface area contributed by atoms with Crippen LogP contribution in [0.3, 0.4) is 0 Å². The summed E-state index contributed by atoms with van der Waals surface area (Å²) in [5, 5.41) is 0. The van der Waals surface area contributed by atoms with Crippen molar-refractivity contribution >= 4 is 19.1 Å². The summed E-state index contributed by atoms with van der Waals surface area (Å²) in [6, 6.07) is 13.0. The van der Waals surface area contributed by atoms with Crippen LogP contribution >= 0.6 is 0 Å². The van der Waals surface area contributed by atoms with Gasteiger partial charge in [0.25, 0.3) is 0 Å². The lowest BCUT2D eigenvalue weighted by atomic mass is 10.2. The fraction of sp³-hybridized carbons (Fsp3) is 0.458. The van der Waals surface area contributed by atoms with E-state index in [9.17, 15) is 4.39 Å². The minimum Gasteiger partial charge on any atom is -0.486 e. The van der Waals surface area contributed by atoms with Gasteiger partial charge in [-0.05, 0) is 31.5 Å². The monoisotopic (exact) mass is 444 g/mol. The molecule has 5 nitrogen and oxygen atoms in total. The van der Waals surface area contributed by atoms with Crippen LogP contribution in [0.4, 0.5) is 4.39 Å². The highest BCUT2D eigenvalue weighted by Crippen LogP contribution is 2.31. The zero-order valence-electron chi connectivity index (χ0n) is 19.2. The van der Waals surface area contributed by atoms with Gasteiger partial charge in [0, 0.05) is 20.4 Å². The second kappa shape index (κ2) is 10.4. The van der Waals surface area contributed by atoms with Gasteiger partial charge in [-0.1, -0.05) is 50.0 Å². The zero-order chi connectivity index (χ0) is 22.4. The number of hydrogen-bond acceptors (Lipinski definition) is 4. The van der Waals surface area contributed by atoms with Crippen LogP contribution in [0.1, 0.15) is 25.1 Å². The predicted molar refractivity (Wildman–Crippen MR) is 124 cm³/mol. The molecule has 0 amide bonds. The summed E-state index contributed by atoms with van der Waals surface area (Å²) in [5.41, 5.74) is 3.26. The van der Waals surface area contributed by atoms with E-state index in [4.69, 9.17) is 14.2 Å². The molecule has 3 rings (SSSR count). The van der Waals surface area contributed by atoms with E-state index in [1.807, 2.05) is 54.8 Å². The third-order valence-electron chi connectivity index (χ3n) is 4.84. The number of nitrogens with zero attached hydrogens (tertiary/aromatic N) is 2. The lowest BCUT2D eigenvalue weighted by Gasteiger charge is -2.18. The molecule has 2 heterocycles. The Balaban J connectivity index is 1.86. The fourth-order valence-corrected chi connectivity index (χ4v) is 3.97. The van der Waals surface area contributed by atoms with Crippen LogP contribution in [0.2, 0.25) is 25.7 Å². The van der Waals surface area contributed by atoms with E-state index >= 15 is 0 Å². The smallest absolute Gasteiger partial charge is 0.185 e. The quantitative estimate of drug-likeness (QED) is 0.269. The number of ether oxygens (including phenoxy) is 3. The molecule has 0 spiro atoms. The molecule has 0 saturated carbocycles. The number of fused-ring (bicyclic) bond motifs is 1. The van der Waals surface area contributed by atoms with Crippen LogP contribution in [0.5, 0.6) is 5.75 Å². The molecule has 0 fully saturated rings. The standard InChI is InChI=1S/C24H33FN2O3Si/c1-18(2)30-24-21(25)14-26-22-13-20(16-29-15-19-9-7-6-8-10-19)27(23(22)24)17-28-11-12-31(3,4)5/h6-10,13-14,18H,11-12,15-17H2,1-5H3. The first-order valence-electron chi connectivity index (χ1n) is 10.8. The summed E-state index contributed by atoms with van der Waals surface area (Å²) < 4.78 is 34.3. The summed E-state index contributed by atoms with van der Waals surface area (Å²) in [4.78, 5) is 4.28. The number of aromatic nitrogens is 2. The molecule has 0 aliphatic carbocycles. The highest BCUT2D eigenvalue weighted by molar-refractivity contribution is 6.76. The number of halogens is 1. The summed E-state index contributed by atoms with van der Waals surface area (Å²) in [5.74, 6) is -0.262. The second-order valence-corrected chi connectivity index (χ2v) is 14.8. The maximum atomic E-state index is 14.6. The van der Waals surface area contributed by atoms with E-state index in [1.54, 1.807) is 0 Å². The van der Waals surface area contributed by atoms with Crippen molar-refractivity contribution in [2.24, 2.45) is 0 Å². The molecule has 168 valence electrons. The highest BCUT2D eigenvalue weighted by Gasteiger charge is 2.20. The second-order valence-electron chi connectivity index (χ2n) is 9.23. The third-order valence-corrected chi connectivity index (χ3v) is 6.55. The first kappa shape index (κ1) is 23.4. The van der Waals surface area contributed by atoms with Gasteiger partial charge in [-0.25, -0.2) is 4.39 Å². The Morgan fingerprint density at radius 3 is 2.48 bits per heavy atom. The van der Waals surface area contributed by atoms with Crippen molar-refractivity contribution in [2.45, 2.75) is 65.6 Å². The fourth-order valence-electron chi connectivity index (χ4n) is 3.22. The Labute approximate surface area is 185 Å². The van der Waals surface area contributed by atoms with Gasteiger partial charge in [0.2, 0.25) is 0 Å². The summed E-state index contributed by atoms with van der Waals surface area (Å²) >= 11 is 0. The highest BCUT2D eigenvalue weighted by atomic mass is 28.3. The third kappa shape index (κ3) is 6.63. The van der Waals surface area contributed by atoms with Crippen molar-refractivity contribution in [3.05, 3.63) is 59.7 Å². The van der Waals surface area contributed by atoms with Gasteiger partial charge in [0.05, 0.1) is 31.0 Å². The maximum Gasteiger partial charge on any atom is 0.185 e. The van der Waals surface area contributed by atoms with Gasteiger partial charge in [-0.15, -0.1) is 0 Å². The Hall–Kier alpha value is -2.22. The van der Waals surface area contributed by atoms with Gasteiger partial charge < -0.3 is 18.8 Å². The normalized spacial score (nSPS) is 12.1. The summed E-state index contributed by atoms with van der Waals surface area (Å²) in [7, 11) is -1.20. The lowest BCUT2D eigenvalue weighted by Crippen LogP contribution is -2.22. The Kier molecular flexibility index (Phi) is 7.86. The van der Waals surface area contributed by atoms with Crippen LogP contribution in [0.15, 0.2) is 42.6 Å². The van der Waals surface area contributed by atoms with Crippen molar-refractivity contribution in [1.82, 2.24) is 9.55 Å². The van der Waals surface area contributed by atoms with E-state index in [2.05, 4.69) is 24.6 Å².